The van der Waals surface area contributed by atoms with Crippen molar-refractivity contribution < 1.29 is 9.47 Å². The molecule has 29 heavy (non-hydrogen) atoms. The summed E-state index contributed by atoms with van der Waals surface area (Å²) in [6, 6.07) is 7.77. The van der Waals surface area contributed by atoms with Gasteiger partial charge in [0.25, 0.3) is 0 Å². The summed E-state index contributed by atoms with van der Waals surface area (Å²) in [5.74, 6) is 3.27. The van der Waals surface area contributed by atoms with E-state index in [4.69, 9.17) is 15.2 Å². The molecule has 3 rings (SSSR count). The van der Waals surface area contributed by atoms with Crippen LogP contribution >= 0.6 is 0 Å². The molecule has 0 spiro atoms. The summed E-state index contributed by atoms with van der Waals surface area (Å²) >= 11 is 0. The number of methoxy groups -OCH3 is 1. The smallest absolute Gasteiger partial charge is 0.229 e. The Morgan fingerprint density at radius 3 is 2.31 bits per heavy atom. The van der Waals surface area contributed by atoms with E-state index in [2.05, 4.69) is 31.7 Å². The molecule has 1 aliphatic heterocycles. The molecular formula is C20H31N7O2. The van der Waals surface area contributed by atoms with Crippen LogP contribution in [0.25, 0.3) is 0 Å². The van der Waals surface area contributed by atoms with E-state index >= 15 is 0 Å². The van der Waals surface area contributed by atoms with E-state index in [1.165, 1.54) is 0 Å². The van der Waals surface area contributed by atoms with Crippen molar-refractivity contribution in [1.82, 2.24) is 24.8 Å². The molecule has 2 N–H and O–H groups in total. The zero-order valence-electron chi connectivity index (χ0n) is 17.7. The summed E-state index contributed by atoms with van der Waals surface area (Å²) in [6.45, 7) is 7.56. The lowest BCUT2D eigenvalue weighted by Gasteiger charge is -2.37. The van der Waals surface area contributed by atoms with Crippen LogP contribution in [0.4, 0.5) is 11.9 Å². The molecule has 1 saturated heterocycles. The minimum Gasteiger partial charge on any atom is -0.497 e. The lowest BCUT2D eigenvalue weighted by molar-refractivity contribution is 0.0890. The van der Waals surface area contributed by atoms with Crippen molar-refractivity contribution in [3.05, 3.63) is 30.1 Å². The third kappa shape index (κ3) is 5.68. The largest absolute Gasteiger partial charge is 0.497 e. The molecule has 0 saturated carbocycles. The Kier molecular flexibility index (Phi) is 7.05. The van der Waals surface area contributed by atoms with Crippen LogP contribution in [0.2, 0.25) is 0 Å². The summed E-state index contributed by atoms with van der Waals surface area (Å²) in [5.41, 5.74) is 5.87. The van der Waals surface area contributed by atoms with Gasteiger partial charge in [0.15, 0.2) is 5.82 Å². The van der Waals surface area contributed by atoms with Gasteiger partial charge in [-0.2, -0.15) is 15.0 Å². The molecule has 158 valence electrons. The fourth-order valence-electron chi connectivity index (χ4n) is 3.29. The van der Waals surface area contributed by atoms with Crippen molar-refractivity contribution in [2.24, 2.45) is 0 Å². The average Bonchev–Trinajstić information content (AvgIpc) is 2.73. The van der Waals surface area contributed by atoms with Gasteiger partial charge in [-0.1, -0.05) is 0 Å². The van der Waals surface area contributed by atoms with Gasteiger partial charge in [-0.25, -0.2) is 0 Å². The molecule has 1 aromatic carbocycles. The van der Waals surface area contributed by atoms with Gasteiger partial charge < -0.3 is 20.1 Å². The molecule has 0 radical (unpaired) electrons. The van der Waals surface area contributed by atoms with Gasteiger partial charge in [0.05, 0.1) is 13.2 Å². The number of hydrogen-bond donors (Lipinski definition) is 1. The standard InChI is InChI=1S/C20H31N7O2/c1-15(18-22-19(21)24-20(23-18)25(2)3)27-11-9-26(10-12-27)13-14-29-17-7-5-16(28-4)6-8-17/h5-8,15H,9-14H2,1-4H3,(H2,21,22,23,24)/t15-/m1/s1. The van der Waals surface area contributed by atoms with Gasteiger partial charge >= 0.3 is 0 Å². The van der Waals surface area contributed by atoms with E-state index < -0.39 is 0 Å². The second kappa shape index (κ2) is 9.71. The molecule has 9 heteroatoms. The zero-order chi connectivity index (χ0) is 20.8. The normalized spacial score (nSPS) is 16.4. The van der Waals surface area contributed by atoms with E-state index in [1.807, 2.05) is 43.3 Å². The summed E-state index contributed by atoms with van der Waals surface area (Å²) in [6.07, 6.45) is 0. The van der Waals surface area contributed by atoms with Gasteiger partial charge in [0.2, 0.25) is 11.9 Å². The van der Waals surface area contributed by atoms with Crippen molar-refractivity contribution in [3.63, 3.8) is 0 Å². The molecule has 0 bridgehead atoms. The zero-order valence-corrected chi connectivity index (χ0v) is 17.7. The Morgan fingerprint density at radius 1 is 1.03 bits per heavy atom. The molecule has 1 aromatic heterocycles. The molecule has 1 atom stereocenters. The summed E-state index contributed by atoms with van der Waals surface area (Å²) in [7, 11) is 5.46. The SMILES string of the molecule is COc1ccc(OCCN2CCN([C@H](C)c3nc(N)nc(N(C)C)n3)CC2)cc1. The number of nitrogens with two attached hydrogens (primary N) is 1. The number of anilines is 2. The van der Waals surface area contributed by atoms with Crippen LogP contribution < -0.4 is 20.1 Å². The molecule has 0 unspecified atom stereocenters. The molecule has 9 nitrogen and oxygen atoms in total. The Balaban J connectivity index is 1.46. The lowest BCUT2D eigenvalue weighted by Crippen LogP contribution is -2.48. The van der Waals surface area contributed by atoms with Gasteiger partial charge in [0.1, 0.15) is 18.1 Å². The quantitative estimate of drug-likeness (QED) is 0.702. The van der Waals surface area contributed by atoms with E-state index in [0.717, 1.165) is 50.0 Å². The highest BCUT2D eigenvalue weighted by Gasteiger charge is 2.24. The first-order valence-corrected chi connectivity index (χ1v) is 9.88. The summed E-state index contributed by atoms with van der Waals surface area (Å²) in [5, 5.41) is 0. The summed E-state index contributed by atoms with van der Waals surface area (Å²) < 4.78 is 11.0. The van der Waals surface area contributed by atoms with Crippen LogP contribution in [0.1, 0.15) is 18.8 Å². The van der Waals surface area contributed by atoms with Crippen LogP contribution in [-0.2, 0) is 0 Å². The van der Waals surface area contributed by atoms with Crippen molar-refractivity contribution in [1.29, 1.82) is 0 Å². The van der Waals surface area contributed by atoms with Crippen LogP contribution in [0, 0.1) is 0 Å². The van der Waals surface area contributed by atoms with E-state index in [1.54, 1.807) is 7.11 Å². The van der Waals surface area contributed by atoms with Gasteiger partial charge in [-0.05, 0) is 31.2 Å². The fourth-order valence-corrected chi connectivity index (χ4v) is 3.29. The Bertz CT molecular complexity index is 777. The second-order valence-electron chi connectivity index (χ2n) is 7.32. The maximum Gasteiger partial charge on any atom is 0.229 e. The van der Waals surface area contributed by atoms with Crippen molar-refractivity contribution in [2.45, 2.75) is 13.0 Å². The predicted octanol–water partition coefficient (Wildman–Crippen LogP) is 1.29. The average molecular weight is 402 g/mol. The van der Waals surface area contributed by atoms with Crippen LogP contribution in [0.5, 0.6) is 11.5 Å². The van der Waals surface area contributed by atoms with Crippen LogP contribution in [0.15, 0.2) is 24.3 Å². The van der Waals surface area contributed by atoms with Crippen molar-refractivity contribution >= 4 is 11.9 Å². The third-order valence-electron chi connectivity index (χ3n) is 5.12. The monoisotopic (exact) mass is 401 g/mol. The molecule has 2 aromatic rings. The minimum atomic E-state index is 0.0942. The number of ether oxygens (including phenoxy) is 2. The van der Waals surface area contributed by atoms with Crippen LogP contribution in [-0.4, -0.2) is 85.3 Å². The molecule has 1 aliphatic rings. The number of hydrogen-bond acceptors (Lipinski definition) is 9. The maximum absolute atomic E-state index is 5.87. The minimum absolute atomic E-state index is 0.0942. The van der Waals surface area contributed by atoms with E-state index in [9.17, 15) is 0 Å². The molecule has 0 aliphatic carbocycles. The highest BCUT2D eigenvalue weighted by atomic mass is 16.5. The molecule has 1 fully saturated rings. The number of rotatable bonds is 8. The first-order valence-electron chi connectivity index (χ1n) is 9.88. The lowest BCUT2D eigenvalue weighted by atomic mass is 10.2. The number of aromatic nitrogens is 3. The second-order valence-corrected chi connectivity index (χ2v) is 7.32. The number of nitrogen functional groups attached to an aromatic ring is 1. The molecule has 2 heterocycles. The van der Waals surface area contributed by atoms with Gasteiger partial charge in [-0.15, -0.1) is 0 Å². The third-order valence-corrected chi connectivity index (χ3v) is 5.12. The number of benzene rings is 1. The van der Waals surface area contributed by atoms with E-state index in [0.29, 0.717) is 12.6 Å². The number of nitrogens with zero attached hydrogens (tertiary/aromatic N) is 6. The van der Waals surface area contributed by atoms with Crippen molar-refractivity contribution in [2.75, 3.05) is 71.2 Å². The summed E-state index contributed by atoms with van der Waals surface area (Å²) in [4.78, 5) is 19.7. The fraction of sp³-hybridized carbons (Fsp3) is 0.550. The van der Waals surface area contributed by atoms with E-state index in [-0.39, 0.29) is 12.0 Å². The molecular weight excluding hydrogens is 370 g/mol. The first kappa shape index (κ1) is 21.1. The van der Waals surface area contributed by atoms with Crippen LogP contribution in [0.3, 0.4) is 0 Å². The first-order chi connectivity index (χ1) is 14.0. The maximum atomic E-state index is 5.87. The number of piperazine rings is 1. The Morgan fingerprint density at radius 2 is 1.69 bits per heavy atom. The Hall–Kier alpha value is -2.65. The highest BCUT2D eigenvalue weighted by molar-refractivity contribution is 5.33. The topological polar surface area (TPSA) is 92.9 Å². The van der Waals surface area contributed by atoms with Gasteiger partial charge in [0, 0.05) is 46.8 Å². The highest BCUT2D eigenvalue weighted by Crippen LogP contribution is 2.21. The molecule has 0 amide bonds. The Labute approximate surface area is 172 Å². The van der Waals surface area contributed by atoms with Gasteiger partial charge in [-0.3, -0.25) is 9.80 Å². The predicted molar refractivity (Wildman–Crippen MR) is 113 cm³/mol. The van der Waals surface area contributed by atoms with Crippen molar-refractivity contribution in [3.8, 4) is 11.5 Å².